The van der Waals surface area contributed by atoms with Crippen molar-refractivity contribution in [1.29, 1.82) is 0 Å². The van der Waals surface area contributed by atoms with Crippen LogP contribution in [0, 0.1) is 5.92 Å². The van der Waals surface area contributed by atoms with Crippen LogP contribution in [0.25, 0.3) is 0 Å². The minimum absolute atomic E-state index is 0.0582. The van der Waals surface area contributed by atoms with Crippen molar-refractivity contribution in [1.82, 2.24) is 5.32 Å². The molecule has 0 unspecified atom stereocenters. The van der Waals surface area contributed by atoms with Gasteiger partial charge in [0.2, 0.25) is 5.91 Å². The Bertz CT molecular complexity index is 317. The van der Waals surface area contributed by atoms with Gasteiger partial charge in [-0.25, -0.2) is 0 Å². The van der Waals surface area contributed by atoms with Gasteiger partial charge in [-0.3, -0.25) is 9.59 Å². The van der Waals surface area contributed by atoms with Crippen LogP contribution in [0.2, 0.25) is 0 Å². The van der Waals surface area contributed by atoms with Crippen molar-refractivity contribution in [3.8, 4) is 0 Å². The molecule has 1 amide bonds. The number of nitrogens with one attached hydrogen (secondary N) is 1. The second-order valence-corrected chi connectivity index (χ2v) is 5.92. The van der Waals surface area contributed by atoms with Gasteiger partial charge in [0, 0.05) is 18.4 Å². The maximum absolute atomic E-state index is 11.7. The molecule has 0 aromatic rings. The summed E-state index contributed by atoms with van der Waals surface area (Å²) in [5.41, 5.74) is 0. The van der Waals surface area contributed by atoms with Crippen LogP contribution in [0.3, 0.4) is 0 Å². The number of hydrogen-bond donors (Lipinski definition) is 1. The molecule has 0 heterocycles. The third-order valence-corrected chi connectivity index (χ3v) is 4.31. The van der Waals surface area contributed by atoms with Gasteiger partial charge in [-0.15, -0.1) is 0 Å². The van der Waals surface area contributed by atoms with Crippen molar-refractivity contribution in [3.63, 3.8) is 0 Å². The van der Waals surface area contributed by atoms with E-state index in [4.69, 9.17) is 4.74 Å². The molecule has 0 atom stereocenters. The first kappa shape index (κ1) is 14.5. The summed E-state index contributed by atoms with van der Waals surface area (Å²) < 4.78 is 5.73. The molecule has 4 heteroatoms. The van der Waals surface area contributed by atoms with E-state index in [9.17, 15) is 9.59 Å². The average molecular weight is 267 g/mol. The normalized spacial score (nSPS) is 27.6. The Morgan fingerprint density at radius 3 is 2.47 bits per heavy atom. The van der Waals surface area contributed by atoms with E-state index in [2.05, 4.69) is 5.32 Å². The highest BCUT2D eigenvalue weighted by molar-refractivity contribution is 5.80. The Labute approximate surface area is 115 Å². The third kappa shape index (κ3) is 4.60. The molecule has 2 saturated carbocycles. The number of rotatable bonds is 6. The molecule has 0 aromatic heterocycles. The van der Waals surface area contributed by atoms with Gasteiger partial charge in [0.05, 0.1) is 12.7 Å². The topological polar surface area (TPSA) is 55.4 Å². The van der Waals surface area contributed by atoms with Crippen molar-refractivity contribution in [3.05, 3.63) is 0 Å². The minimum atomic E-state index is 0.0582. The lowest BCUT2D eigenvalue weighted by molar-refractivity contribution is -0.128. The highest BCUT2D eigenvalue weighted by Gasteiger charge is 2.32. The van der Waals surface area contributed by atoms with Gasteiger partial charge in [0.25, 0.3) is 0 Å². The first-order valence-corrected chi connectivity index (χ1v) is 7.56. The molecule has 0 bridgehead atoms. The first-order valence-electron chi connectivity index (χ1n) is 7.56. The molecule has 2 aliphatic rings. The summed E-state index contributed by atoms with van der Waals surface area (Å²) in [6.07, 6.45) is 8.55. The molecule has 0 spiro atoms. The molecular weight excluding hydrogens is 242 g/mol. The summed E-state index contributed by atoms with van der Waals surface area (Å²) >= 11 is 0. The standard InChI is InChI=1S/C15H25NO3/c1-11(17)12-9-13(10-12)16-15(18)7-8-19-14-5-3-2-4-6-14/h12-14H,2-10H2,1H3,(H,16,18). The van der Waals surface area contributed by atoms with Crippen molar-refractivity contribution >= 4 is 11.7 Å². The van der Waals surface area contributed by atoms with Crippen molar-refractivity contribution in [2.75, 3.05) is 6.61 Å². The van der Waals surface area contributed by atoms with Crippen LogP contribution < -0.4 is 5.32 Å². The van der Waals surface area contributed by atoms with Gasteiger partial charge in [0.1, 0.15) is 5.78 Å². The fourth-order valence-corrected chi connectivity index (χ4v) is 2.92. The number of carbonyl (C=O) groups excluding carboxylic acids is 2. The summed E-state index contributed by atoms with van der Waals surface area (Å²) in [5, 5.41) is 2.97. The average Bonchev–Trinajstić information content (AvgIpc) is 2.34. The zero-order valence-electron chi connectivity index (χ0n) is 11.8. The molecule has 0 aliphatic heterocycles. The second kappa shape index (κ2) is 7.04. The highest BCUT2D eigenvalue weighted by Crippen LogP contribution is 2.28. The van der Waals surface area contributed by atoms with E-state index in [0.29, 0.717) is 19.1 Å². The molecule has 4 nitrogen and oxygen atoms in total. The predicted molar refractivity (Wildman–Crippen MR) is 72.8 cm³/mol. The first-order chi connectivity index (χ1) is 9.15. The SMILES string of the molecule is CC(=O)C1CC(NC(=O)CCOC2CCCCC2)C1. The number of ketones is 1. The summed E-state index contributed by atoms with van der Waals surface area (Å²) in [5.74, 6) is 0.470. The summed E-state index contributed by atoms with van der Waals surface area (Å²) in [6.45, 7) is 2.15. The number of Topliss-reactive ketones (excluding diaryl/α,β-unsaturated/α-hetero) is 1. The number of amides is 1. The van der Waals surface area contributed by atoms with E-state index in [0.717, 1.165) is 25.7 Å². The van der Waals surface area contributed by atoms with Crippen LogP contribution in [0.5, 0.6) is 0 Å². The van der Waals surface area contributed by atoms with Crippen LogP contribution in [0.1, 0.15) is 58.3 Å². The van der Waals surface area contributed by atoms with E-state index in [1.807, 2.05) is 0 Å². The zero-order chi connectivity index (χ0) is 13.7. The smallest absolute Gasteiger partial charge is 0.222 e. The number of ether oxygens (including phenoxy) is 1. The quantitative estimate of drug-likeness (QED) is 0.802. The predicted octanol–water partition coefficient (Wildman–Crippen LogP) is 2.21. The molecule has 2 fully saturated rings. The van der Waals surface area contributed by atoms with Crippen molar-refractivity contribution in [2.45, 2.75) is 70.4 Å². The van der Waals surface area contributed by atoms with Crippen molar-refractivity contribution in [2.24, 2.45) is 5.92 Å². The lowest BCUT2D eigenvalue weighted by Crippen LogP contribution is -2.46. The van der Waals surface area contributed by atoms with E-state index in [-0.39, 0.29) is 23.7 Å². The Hall–Kier alpha value is -0.900. The fraction of sp³-hybridized carbons (Fsp3) is 0.867. The Kier molecular flexibility index (Phi) is 5.37. The van der Waals surface area contributed by atoms with Crippen LogP contribution in [-0.2, 0) is 14.3 Å². The Morgan fingerprint density at radius 2 is 1.84 bits per heavy atom. The molecule has 0 saturated heterocycles. The van der Waals surface area contributed by atoms with E-state index in [1.54, 1.807) is 6.92 Å². The van der Waals surface area contributed by atoms with E-state index >= 15 is 0 Å². The molecule has 108 valence electrons. The fourth-order valence-electron chi connectivity index (χ4n) is 2.92. The van der Waals surface area contributed by atoms with Crippen LogP contribution in [-0.4, -0.2) is 30.4 Å². The van der Waals surface area contributed by atoms with Gasteiger partial charge in [-0.05, 0) is 32.6 Å². The molecule has 1 N–H and O–H groups in total. The largest absolute Gasteiger partial charge is 0.378 e. The summed E-state index contributed by atoms with van der Waals surface area (Å²) in [4.78, 5) is 22.8. The lowest BCUT2D eigenvalue weighted by atomic mass is 9.78. The second-order valence-electron chi connectivity index (χ2n) is 5.92. The summed E-state index contributed by atoms with van der Waals surface area (Å²) in [6, 6.07) is 0.205. The molecule has 0 radical (unpaired) electrons. The Morgan fingerprint density at radius 1 is 1.16 bits per heavy atom. The highest BCUT2D eigenvalue weighted by atomic mass is 16.5. The Balaban J connectivity index is 1.52. The van der Waals surface area contributed by atoms with Gasteiger partial charge < -0.3 is 10.1 Å². The molecule has 2 aliphatic carbocycles. The number of carbonyl (C=O) groups is 2. The van der Waals surface area contributed by atoms with Crippen molar-refractivity contribution < 1.29 is 14.3 Å². The summed E-state index contributed by atoms with van der Waals surface area (Å²) in [7, 11) is 0. The van der Waals surface area contributed by atoms with Gasteiger partial charge in [-0.1, -0.05) is 19.3 Å². The van der Waals surface area contributed by atoms with Crippen LogP contribution in [0.15, 0.2) is 0 Å². The third-order valence-electron chi connectivity index (χ3n) is 4.31. The lowest BCUT2D eigenvalue weighted by Gasteiger charge is -2.34. The molecule has 0 aromatic carbocycles. The van der Waals surface area contributed by atoms with Crippen LogP contribution >= 0.6 is 0 Å². The monoisotopic (exact) mass is 267 g/mol. The van der Waals surface area contributed by atoms with E-state index < -0.39 is 0 Å². The minimum Gasteiger partial charge on any atom is -0.378 e. The zero-order valence-corrected chi connectivity index (χ0v) is 11.8. The maximum atomic E-state index is 11.7. The molecular formula is C15H25NO3. The number of hydrogen-bond acceptors (Lipinski definition) is 3. The van der Waals surface area contributed by atoms with Gasteiger partial charge in [0.15, 0.2) is 0 Å². The van der Waals surface area contributed by atoms with E-state index in [1.165, 1.54) is 19.3 Å². The molecule has 2 rings (SSSR count). The van der Waals surface area contributed by atoms with Crippen LogP contribution in [0.4, 0.5) is 0 Å². The van der Waals surface area contributed by atoms with Gasteiger partial charge in [-0.2, -0.15) is 0 Å². The molecule has 19 heavy (non-hydrogen) atoms. The van der Waals surface area contributed by atoms with Gasteiger partial charge >= 0.3 is 0 Å². The maximum Gasteiger partial charge on any atom is 0.222 e.